The van der Waals surface area contributed by atoms with E-state index < -0.39 is 10.1 Å². The van der Waals surface area contributed by atoms with Crippen molar-refractivity contribution in [2.75, 3.05) is 13.7 Å². The Labute approximate surface area is 169 Å². The largest absolute Gasteiger partial charge is 0.495 e. The monoisotopic (exact) mass is 423 g/mol. The molecule has 0 bridgehead atoms. The topological polar surface area (TPSA) is 112 Å². The Hall–Kier alpha value is -2.85. The van der Waals surface area contributed by atoms with Crippen molar-refractivity contribution in [2.45, 2.75) is 18.2 Å². The number of para-hydroxylation sites is 1. The molecule has 0 aliphatic carbocycles. The number of nitrogens with one attached hydrogen (secondary N) is 1. The van der Waals surface area contributed by atoms with Crippen LogP contribution in [0.15, 0.2) is 52.5 Å². The minimum Gasteiger partial charge on any atom is -0.495 e. The molecular weight excluding hydrogens is 402 g/mol. The molecule has 2 aromatic carbocycles. The van der Waals surface area contributed by atoms with Crippen molar-refractivity contribution in [3.8, 4) is 17.2 Å². The molecule has 0 atom stereocenters. The Morgan fingerprint density at radius 2 is 1.96 bits per heavy atom. The summed E-state index contributed by atoms with van der Waals surface area (Å²) in [5.74, 6) is 0.821. The summed E-state index contributed by atoms with van der Waals surface area (Å²) in [5, 5.41) is 3.88. The standard InChI is InChI=1S/C18H21N3O5S2/c1-13-10-14(25-9-5-8-20-21-18(19)27)12-15(11-13)26-28(22,23)17-7-4-3-6-16(17)24-2/h3-4,6-8,10-12H,5,9H2,1-2H3,(H3,19,21,27). The number of hydrogen-bond acceptors (Lipinski definition) is 7. The van der Waals surface area contributed by atoms with Crippen LogP contribution in [0.5, 0.6) is 17.2 Å². The molecule has 2 rings (SSSR count). The van der Waals surface area contributed by atoms with Crippen molar-refractivity contribution >= 4 is 33.7 Å². The van der Waals surface area contributed by atoms with Gasteiger partial charge in [0.15, 0.2) is 5.11 Å². The third kappa shape index (κ3) is 6.39. The third-order valence-corrected chi connectivity index (χ3v) is 4.73. The number of ether oxygens (including phenoxy) is 2. The van der Waals surface area contributed by atoms with E-state index in [4.69, 9.17) is 19.4 Å². The Kier molecular flexibility index (Phi) is 7.59. The van der Waals surface area contributed by atoms with E-state index >= 15 is 0 Å². The van der Waals surface area contributed by atoms with Gasteiger partial charge in [-0.1, -0.05) is 12.1 Å². The van der Waals surface area contributed by atoms with Gasteiger partial charge in [-0.25, -0.2) is 0 Å². The lowest BCUT2D eigenvalue weighted by Crippen LogP contribution is -2.24. The lowest BCUT2D eigenvalue weighted by molar-refractivity contribution is 0.329. The van der Waals surface area contributed by atoms with Crippen LogP contribution in [-0.4, -0.2) is 33.5 Å². The summed E-state index contributed by atoms with van der Waals surface area (Å²) in [5.41, 5.74) is 8.47. The fourth-order valence-corrected chi connectivity index (χ4v) is 3.38. The summed E-state index contributed by atoms with van der Waals surface area (Å²) in [6.07, 6.45) is 2.07. The lowest BCUT2D eigenvalue weighted by atomic mass is 10.2. The molecule has 10 heteroatoms. The zero-order valence-electron chi connectivity index (χ0n) is 15.4. The van der Waals surface area contributed by atoms with Crippen LogP contribution in [0.2, 0.25) is 0 Å². The molecule has 2 aromatic rings. The van der Waals surface area contributed by atoms with Crippen LogP contribution in [-0.2, 0) is 10.1 Å². The average molecular weight is 424 g/mol. The Balaban J connectivity index is 2.08. The predicted molar refractivity (Wildman–Crippen MR) is 111 cm³/mol. The van der Waals surface area contributed by atoms with Gasteiger partial charge >= 0.3 is 10.1 Å². The SMILES string of the molecule is COc1ccccc1S(=O)(=O)Oc1cc(C)cc(OCCC=NNC(N)=S)c1. The predicted octanol–water partition coefficient (Wildman–Crippen LogP) is 2.36. The highest BCUT2D eigenvalue weighted by molar-refractivity contribution is 7.87. The van der Waals surface area contributed by atoms with Gasteiger partial charge in [-0.15, -0.1) is 0 Å². The average Bonchev–Trinajstić information content (AvgIpc) is 2.63. The van der Waals surface area contributed by atoms with E-state index in [-0.39, 0.29) is 21.5 Å². The Morgan fingerprint density at radius 3 is 2.68 bits per heavy atom. The van der Waals surface area contributed by atoms with Gasteiger partial charge in [0.1, 0.15) is 22.1 Å². The number of hydrazone groups is 1. The fourth-order valence-electron chi connectivity index (χ4n) is 2.25. The molecule has 0 spiro atoms. The second-order valence-corrected chi connectivity index (χ2v) is 7.55. The van der Waals surface area contributed by atoms with Gasteiger partial charge in [-0.05, 0) is 49.0 Å². The smallest absolute Gasteiger partial charge is 0.342 e. The molecule has 0 saturated carbocycles. The van der Waals surface area contributed by atoms with Crippen LogP contribution in [0.3, 0.4) is 0 Å². The molecule has 0 aliphatic heterocycles. The van der Waals surface area contributed by atoms with Crippen molar-refractivity contribution in [1.29, 1.82) is 0 Å². The summed E-state index contributed by atoms with van der Waals surface area (Å²) >= 11 is 4.62. The summed E-state index contributed by atoms with van der Waals surface area (Å²) in [4.78, 5) is -0.0528. The number of hydrogen-bond donors (Lipinski definition) is 2. The maximum atomic E-state index is 12.6. The van der Waals surface area contributed by atoms with E-state index in [0.29, 0.717) is 18.8 Å². The van der Waals surface area contributed by atoms with E-state index in [1.165, 1.54) is 19.2 Å². The van der Waals surface area contributed by atoms with Crippen molar-refractivity contribution < 1.29 is 22.1 Å². The highest BCUT2D eigenvalue weighted by Gasteiger charge is 2.21. The maximum absolute atomic E-state index is 12.6. The van der Waals surface area contributed by atoms with Gasteiger partial charge < -0.3 is 19.4 Å². The number of aryl methyl sites for hydroxylation is 1. The first-order chi connectivity index (χ1) is 13.3. The molecule has 0 fully saturated rings. The summed E-state index contributed by atoms with van der Waals surface area (Å²) in [7, 11) is -2.67. The minimum absolute atomic E-state index is 0.0528. The van der Waals surface area contributed by atoms with Gasteiger partial charge in [-0.2, -0.15) is 13.5 Å². The number of thiocarbonyl (C=S) groups is 1. The van der Waals surface area contributed by atoms with Crippen LogP contribution < -0.4 is 24.8 Å². The van der Waals surface area contributed by atoms with Gasteiger partial charge in [0.25, 0.3) is 0 Å². The van der Waals surface area contributed by atoms with E-state index in [2.05, 4.69) is 22.7 Å². The van der Waals surface area contributed by atoms with Crippen LogP contribution in [0.25, 0.3) is 0 Å². The maximum Gasteiger partial charge on any atom is 0.342 e. The van der Waals surface area contributed by atoms with Gasteiger partial charge in [0, 0.05) is 18.7 Å². The first-order valence-corrected chi connectivity index (χ1v) is 10.0. The normalized spacial score (nSPS) is 11.2. The van der Waals surface area contributed by atoms with Gasteiger partial charge in [-0.3, -0.25) is 5.43 Å². The first kappa shape index (κ1) is 21.5. The van der Waals surface area contributed by atoms with Crippen molar-refractivity contribution in [3.05, 3.63) is 48.0 Å². The molecule has 0 aromatic heterocycles. The zero-order chi connectivity index (χ0) is 20.6. The summed E-state index contributed by atoms with van der Waals surface area (Å²) < 4.78 is 41.2. The molecule has 0 unspecified atom stereocenters. The van der Waals surface area contributed by atoms with Crippen molar-refractivity contribution in [3.63, 3.8) is 0 Å². The second kappa shape index (κ2) is 9.90. The Morgan fingerprint density at radius 1 is 1.25 bits per heavy atom. The molecule has 0 heterocycles. The summed E-state index contributed by atoms with van der Waals surface area (Å²) in [6, 6.07) is 11.1. The summed E-state index contributed by atoms with van der Waals surface area (Å²) in [6.45, 7) is 2.13. The number of rotatable bonds is 9. The molecule has 3 N–H and O–H groups in total. The van der Waals surface area contributed by atoms with E-state index in [0.717, 1.165) is 5.56 Å². The number of methoxy groups -OCH3 is 1. The second-order valence-electron chi connectivity index (χ2n) is 5.59. The van der Waals surface area contributed by atoms with E-state index in [1.807, 2.05) is 6.92 Å². The first-order valence-electron chi connectivity index (χ1n) is 8.21. The molecule has 0 radical (unpaired) electrons. The van der Waals surface area contributed by atoms with Gasteiger partial charge in [0.05, 0.1) is 13.7 Å². The lowest BCUT2D eigenvalue weighted by Gasteiger charge is -2.12. The number of benzene rings is 2. The zero-order valence-corrected chi connectivity index (χ0v) is 17.0. The van der Waals surface area contributed by atoms with Crippen LogP contribution in [0, 0.1) is 6.92 Å². The third-order valence-electron chi connectivity index (χ3n) is 3.35. The molecule has 28 heavy (non-hydrogen) atoms. The van der Waals surface area contributed by atoms with Crippen LogP contribution in [0.4, 0.5) is 0 Å². The van der Waals surface area contributed by atoms with Crippen molar-refractivity contribution in [1.82, 2.24) is 5.43 Å². The minimum atomic E-state index is -4.06. The Bertz CT molecular complexity index is 961. The van der Waals surface area contributed by atoms with Crippen molar-refractivity contribution in [2.24, 2.45) is 10.8 Å². The molecule has 0 amide bonds. The highest BCUT2D eigenvalue weighted by atomic mass is 32.2. The molecular formula is C18H21N3O5S2. The highest BCUT2D eigenvalue weighted by Crippen LogP contribution is 2.29. The van der Waals surface area contributed by atoms with Gasteiger partial charge in [0.2, 0.25) is 0 Å². The molecule has 8 nitrogen and oxygen atoms in total. The van der Waals surface area contributed by atoms with E-state index in [9.17, 15) is 8.42 Å². The molecule has 0 saturated heterocycles. The fraction of sp³-hybridized carbons (Fsp3) is 0.222. The van der Waals surface area contributed by atoms with E-state index in [1.54, 1.807) is 36.5 Å². The number of nitrogens with two attached hydrogens (primary N) is 1. The molecule has 0 aliphatic rings. The van der Waals surface area contributed by atoms with Crippen LogP contribution in [0.1, 0.15) is 12.0 Å². The van der Waals surface area contributed by atoms with Crippen LogP contribution >= 0.6 is 12.2 Å². The molecule has 150 valence electrons. The quantitative estimate of drug-likeness (QED) is 0.208. The number of nitrogens with zero attached hydrogens (tertiary/aromatic N) is 1.